The summed E-state index contributed by atoms with van der Waals surface area (Å²) < 4.78 is 66.9. The summed E-state index contributed by atoms with van der Waals surface area (Å²) in [6.07, 6.45) is 13.4. The van der Waals surface area contributed by atoms with Crippen molar-refractivity contribution >= 4 is 24.1 Å². The molecule has 0 spiro atoms. The van der Waals surface area contributed by atoms with E-state index in [0.717, 1.165) is 38.5 Å². The van der Waals surface area contributed by atoms with Gasteiger partial charge in [0.05, 0.1) is 23.0 Å². The van der Waals surface area contributed by atoms with Crippen LogP contribution in [0, 0.1) is 13.8 Å². The lowest BCUT2D eigenvalue weighted by atomic mass is 10.0. The molecule has 0 aliphatic carbocycles. The Bertz CT molecular complexity index is 1460. The minimum atomic E-state index is -4.76. The van der Waals surface area contributed by atoms with Crippen molar-refractivity contribution in [1.29, 1.82) is 0 Å². The first-order chi connectivity index (χ1) is 22.2. The average Bonchev–Trinajstić information content (AvgIpc) is 2.99. The maximum absolute atomic E-state index is 14.0. The predicted molar refractivity (Wildman–Crippen MR) is 191 cm³/mol. The summed E-state index contributed by atoms with van der Waals surface area (Å²) in [4.78, 5) is 2.46. The van der Waals surface area contributed by atoms with Crippen LogP contribution in [-0.2, 0) is 19.7 Å². The van der Waals surface area contributed by atoms with Gasteiger partial charge in [-0.1, -0.05) is 106 Å². The summed E-state index contributed by atoms with van der Waals surface area (Å²) in [6.45, 7) is 16.2. The minimum Gasteiger partial charge on any atom is -0.493 e. The number of benzene rings is 2. The lowest BCUT2D eigenvalue weighted by Gasteiger charge is -2.18. The Hall–Kier alpha value is -2.68. The van der Waals surface area contributed by atoms with Gasteiger partial charge >= 0.3 is 4.38 Å². The molecule has 0 aliphatic rings. The quantitative estimate of drug-likeness (QED) is 0.0448. The number of unbranched alkanes of at least 4 members (excludes halogenated alkanes) is 10. The highest BCUT2D eigenvalue weighted by atomic mass is 32.3. The molecule has 47 heavy (non-hydrogen) atoms. The van der Waals surface area contributed by atoms with E-state index >= 15 is 0 Å². The van der Waals surface area contributed by atoms with E-state index in [4.69, 9.17) is 9.47 Å². The van der Waals surface area contributed by atoms with Crippen molar-refractivity contribution in [2.24, 2.45) is 0 Å². The average molecular weight is 691 g/mol. The number of hydrogen-bond acceptors (Lipinski definition) is 6. The van der Waals surface area contributed by atoms with Crippen LogP contribution in [0.5, 0.6) is 11.5 Å². The van der Waals surface area contributed by atoms with Crippen LogP contribution in [0.1, 0.15) is 153 Å². The zero-order chi connectivity index (χ0) is 35.2. The summed E-state index contributed by atoms with van der Waals surface area (Å²) in [6, 6.07) is 6.19. The Morgan fingerprint density at radius 1 is 0.617 bits per heavy atom. The van der Waals surface area contributed by atoms with E-state index in [0.29, 0.717) is 47.0 Å². The van der Waals surface area contributed by atoms with Crippen LogP contribution in [0.2, 0.25) is 0 Å². The molecular formula is C37H58N2O6S2. The molecule has 264 valence electrons. The van der Waals surface area contributed by atoms with E-state index in [1.165, 1.54) is 50.7 Å². The zero-order valence-corrected chi connectivity index (χ0v) is 31.7. The van der Waals surface area contributed by atoms with Crippen LogP contribution < -0.4 is 9.47 Å². The molecule has 0 unspecified atom stereocenters. The number of sulfone groups is 2. The van der Waals surface area contributed by atoms with Gasteiger partial charge in [0, 0.05) is 0 Å². The molecule has 2 aromatic carbocycles. The molecule has 0 bridgehead atoms. The lowest BCUT2D eigenvalue weighted by Crippen LogP contribution is -2.28. The molecule has 0 saturated heterocycles. The largest absolute Gasteiger partial charge is 0.504 e. The summed E-state index contributed by atoms with van der Waals surface area (Å²) in [5.41, 5.74) is 11.9. The molecule has 0 aromatic heterocycles. The Kier molecular flexibility index (Phi) is 16.7. The highest BCUT2D eigenvalue weighted by Gasteiger charge is 2.46. The van der Waals surface area contributed by atoms with Gasteiger partial charge in [0.25, 0.3) is 19.7 Å². The number of ether oxygens (including phenoxy) is 2. The molecule has 0 aliphatic heterocycles. The highest BCUT2D eigenvalue weighted by Crippen LogP contribution is 2.36. The van der Waals surface area contributed by atoms with E-state index in [9.17, 15) is 22.4 Å². The van der Waals surface area contributed by atoms with Crippen LogP contribution in [-0.4, -0.2) is 39.2 Å². The third-order valence-electron chi connectivity index (χ3n) is 8.49. The van der Waals surface area contributed by atoms with Crippen molar-refractivity contribution in [1.82, 2.24) is 0 Å². The standard InChI is InChI=1S/C37H58N2O6S2/c1-9-11-13-15-17-19-21-44-33-23-29(7)35(25-31(33)27(3)4)46(40,41)37(39-38)47(42,43)36-26-32(28(5)6)34(24-30(36)8)45-22-20-18-16-14-12-10-2/h23-28H,9-22H2,1-8H3. The van der Waals surface area contributed by atoms with Gasteiger partial charge in [0.15, 0.2) is 0 Å². The summed E-state index contributed by atoms with van der Waals surface area (Å²) in [5, 5.41) is 0. The second kappa shape index (κ2) is 19.4. The van der Waals surface area contributed by atoms with Gasteiger partial charge < -0.3 is 15.0 Å². The highest BCUT2D eigenvalue weighted by molar-refractivity contribution is 8.31. The SMILES string of the molecule is CCCCCCCCOc1cc(C)c(S(=O)(=O)C(=[N+]=[N-])S(=O)(=O)c2cc(C(C)C)c(OCCCCCCCC)cc2C)cc1C(C)C. The van der Waals surface area contributed by atoms with Gasteiger partial charge in [0.2, 0.25) is 0 Å². The molecule has 2 rings (SSSR count). The Morgan fingerprint density at radius 2 is 0.957 bits per heavy atom. The number of hydrogen-bond donors (Lipinski definition) is 0. The van der Waals surface area contributed by atoms with E-state index in [2.05, 4.69) is 18.6 Å². The Balaban J connectivity index is 2.40. The van der Waals surface area contributed by atoms with Gasteiger partial charge in [-0.15, -0.1) is 4.79 Å². The van der Waals surface area contributed by atoms with E-state index in [1.54, 1.807) is 26.0 Å². The molecule has 0 atom stereocenters. The van der Waals surface area contributed by atoms with Crippen molar-refractivity contribution in [3.05, 3.63) is 52.1 Å². The molecule has 2 aromatic rings. The summed E-state index contributed by atoms with van der Waals surface area (Å²) in [5.74, 6) is 0.943. The maximum Gasteiger partial charge on any atom is 0.504 e. The topological polar surface area (TPSA) is 123 Å². The summed E-state index contributed by atoms with van der Waals surface area (Å²) in [7, 11) is -9.52. The zero-order valence-electron chi connectivity index (χ0n) is 30.0. The van der Waals surface area contributed by atoms with Gasteiger partial charge in [-0.25, -0.2) is 16.8 Å². The van der Waals surface area contributed by atoms with Gasteiger partial charge in [-0.05, 0) is 85.0 Å². The Labute approximate surface area is 285 Å². The smallest absolute Gasteiger partial charge is 0.493 e. The number of aryl methyl sites for hydroxylation is 2. The molecule has 0 radical (unpaired) electrons. The fourth-order valence-electron chi connectivity index (χ4n) is 5.66. The summed E-state index contributed by atoms with van der Waals surface area (Å²) >= 11 is 0. The molecule has 8 nitrogen and oxygen atoms in total. The third-order valence-corrected chi connectivity index (χ3v) is 12.9. The first kappa shape index (κ1) is 40.5. The van der Waals surface area contributed by atoms with E-state index in [-0.39, 0.29) is 21.6 Å². The van der Waals surface area contributed by atoms with Crippen LogP contribution in [0.3, 0.4) is 0 Å². The molecular weight excluding hydrogens is 633 g/mol. The van der Waals surface area contributed by atoms with Crippen LogP contribution >= 0.6 is 0 Å². The lowest BCUT2D eigenvalue weighted by molar-refractivity contribution is 0.00379. The van der Waals surface area contributed by atoms with Gasteiger partial charge in [0.1, 0.15) is 11.5 Å². The van der Waals surface area contributed by atoms with Gasteiger partial charge in [-0.3, -0.25) is 0 Å². The third kappa shape index (κ3) is 11.2. The molecule has 0 saturated carbocycles. The van der Waals surface area contributed by atoms with Crippen molar-refractivity contribution in [2.75, 3.05) is 13.2 Å². The molecule has 10 heteroatoms. The number of rotatable bonds is 20. The molecule has 0 fully saturated rings. The van der Waals surface area contributed by atoms with E-state index < -0.39 is 24.1 Å². The molecule has 0 N–H and O–H groups in total. The van der Waals surface area contributed by atoms with Crippen LogP contribution in [0.25, 0.3) is 5.53 Å². The monoisotopic (exact) mass is 690 g/mol. The number of nitrogens with zero attached hydrogens (tertiary/aromatic N) is 2. The minimum absolute atomic E-state index is 0.102. The van der Waals surface area contributed by atoms with E-state index in [1.807, 2.05) is 27.7 Å². The second-order valence-corrected chi connectivity index (χ2v) is 17.2. The fourth-order valence-corrected chi connectivity index (χ4v) is 9.47. The van der Waals surface area contributed by atoms with Crippen LogP contribution in [0.4, 0.5) is 0 Å². The fraction of sp³-hybridized carbons (Fsp3) is 0.649. The maximum atomic E-state index is 14.0. The predicted octanol–water partition coefficient (Wildman–Crippen LogP) is 9.86. The Morgan fingerprint density at radius 3 is 1.28 bits per heavy atom. The van der Waals surface area contributed by atoms with Crippen molar-refractivity contribution < 1.29 is 31.1 Å². The van der Waals surface area contributed by atoms with Gasteiger partial charge in [-0.2, -0.15) is 0 Å². The van der Waals surface area contributed by atoms with Crippen molar-refractivity contribution in [3.8, 4) is 11.5 Å². The van der Waals surface area contributed by atoms with Crippen molar-refractivity contribution in [3.63, 3.8) is 0 Å². The van der Waals surface area contributed by atoms with Crippen LogP contribution in [0.15, 0.2) is 34.1 Å². The first-order valence-corrected chi connectivity index (χ1v) is 20.5. The first-order valence-electron chi connectivity index (χ1n) is 17.5. The molecule has 0 amide bonds. The van der Waals surface area contributed by atoms with Crippen molar-refractivity contribution in [2.45, 2.75) is 154 Å². The molecule has 0 heterocycles. The second-order valence-electron chi connectivity index (χ2n) is 13.2. The normalized spacial score (nSPS) is 12.0.